The first-order valence-electron chi connectivity index (χ1n) is 7.80. The summed E-state index contributed by atoms with van der Waals surface area (Å²) in [7, 11) is 0. The summed E-state index contributed by atoms with van der Waals surface area (Å²) >= 11 is 0. The minimum Gasteiger partial charge on any atom is -0.348 e. The van der Waals surface area contributed by atoms with Gasteiger partial charge >= 0.3 is 0 Å². The number of aryl methyl sites for hydroxylation is 3. The van der Waals surface area contributed by atoms with Crippen LogP contribution in [-0.4, -0.2) is 25.9 Å². The molecular formula is C17H19N5O2. The van der Waals surface area contributed by atoms with Crippen LogP contribution in [0.2, 0.25) is 0 Å². The van der Waals surface area contributed by atoms with Crippen LogP contribution in [0, 0.1) is 13.8 Å². The van der Waals surface area contributed by atoms with Gasteiger partial charge in [-0.15, -0.1) is 5.10 Å². The Labute approximate surface area is 138 Å². The van der Waals surface area contributed by atoms with Crippen LogP contribution in [-0.2, 0) is 13.1 Å². The average Bonchev–Trinajstić information content (AvgIpc) is 2.95. The van der Waals surface area contributed by atoms with E-state index in [4.69, 9.17) is 0 Å². The molecule has 0 aliphatic rings. The van der Waals surface area contributed by atoms with E-state index < -0.39 is 0 Å². The molecule has 0 unspecified atom stereocenters. The minimum atomic E-state index is -0.248. The highest BCUT2D eigenvalue weighted by molar-refractivity contribution is 5.97. The molecule has 2 aromatic heterocycles. The van der Waals surface area contributed by atoms with Gasteiger partial charge in [-0.2, -0.15) is 0 Å². The van der Waals surface area contributed by atoms with Crippen LogP contribution >= 0.6 is 0 Å². The molecule has 0 saturated carbocycles. The Bertz CT molecular complexity index is 971. The zero-order valence-electron chi connectivity index (χ0n) is 13.9. The third kappa shape index (κ3) is 2.92. The molecule has 0 aliphatic heterocycles. The van der Waals surface area contributed by atoms with E-state index in [1.165, 1.54) is 0 Å². The number of nitrogens with zero attached hydrogens (tertiary/aromatic N) is 3. The van der Waals surface area contributed by atoms with Crippen molar-refractivity contribution >= 4 is 16.9 Å². The molecule has 0 radical (unpaired) electrons. The molecule has 2 heterocycles. The predicted molar refractivity (Wildman–Crippen MR) is 90.9 cm³/mol. The number of amides is 1. The fourth-order valence-corrected chi connectivity index (χ4v) is 2.72. The van der Waals surface area contributed by atoms with Gasteiger partial charge in [-0.1, -0.05) is 5.21 Å². The van der Waals surface area contributed by atoms with E-state index in [0.29, 0.717) is 16.6 Å². The number of aromatic amines is 1. The lowest BCUT2D eigenvalue weighted by Gasteiger charge is -2.08. The topological polar surface area (TPSA) is 92.7 Å². The first-order chi connectivity index (χ1) is 11.5. The second-order valence-corrected chi connectivity index (χ2v) is 5.73. The van der Waals surface area contributed by atoms with Crippen molar-refractivity contribution < 1.29 is 4.79 Å². The van der Waals surface area contributed by atoms with E-state index >= 15 is 0 Å². The van der Waals surface area contributed by atoms with Crippen LogP contribution in [0.15, 0.2) is 29.1 Å². The number of hydrogen-bond acceptors (Lipinski definition) is 4. The molecule has 2 N–H and O–H groups in total. The largest absolute Gasteiger partial charge is 0.348 e. The van der Waals surface area contributed by atoms with Gasteiger partial charge in [-0.3, -0.25) is 9.59 Å². The van der Waals surface area contributed by atoms with E-state index in [-0.39, 0.29) is 18.0 Å². The summed E-state index contributed by atoms with van der Waals surface area (Å²) in [6, 6.07) is 7.16. The molecule has 7 heteroatoms. The van der Waals surface area contributed by atoms with E-state index in [0.717, 1.165) is 23.3 Å². The monoisotopic (exact) mass is 325 g/mol. The molecule has 0 atom stereocenters. The van der Waals surface area contributed by atoms with Gasteiger partial charge < -0.3 is 10.3 Å². The van der Waals surface area contributed by atoms with E-state index in [9.17, 15) is 9.59 Å². The van der Waals surface area contributed by atoms with Crippen molar-refractivity contribution in [3.63, 3.8) is 0 Å². The number of aromatic nitrogens is 4. The third-order valence-electron chi connectivity index (χ3n) is 4.00. The fraction of sp³-hybridized carbons (Fsp3) is 0.294. The van der Waals surface area contributed by atoms with Crippen LogP contribution < -0.4 is 10.9 Å². The highest BCUT2D eigenvalue weighted by Gasteiger charge is 2.11. The molecule has 0 bridgehead atoms. The summed E-state index contributed by atoms with van der Waals surface area (Å²) in [6.07, 6.45) is 0. The lowest BCUT2D eigenvalue weighted by molar-refractivity contribution is 0.0951. The number of fused-ring (bicyclic) bond motifs is 1. The van der Waals surface area contributed by atoms with Crippen LogP contribution in [0.25, 0.3) is 11.0 Å². The number of rotatable bonds is 4. The summed E-state index contributed by atoms with van der Waals surface area (Å²) in [5.41, 5.74) is 4.11. The van der Waals surface area contributed by atoms with E-state index in [2.05, 4.69) is 20.6 Å². The first-order valence-corrected chi connectivity index (χ1v) is 7.80. The zero-order chi connectivity index (χ0) is 17.3. The van der Waals surface area contributed by atoms with Crippen molar-refractivity contribution in [3.05, 3.63) is 57.0 Å². The highest BCUT2D eigenvalue weighted by atomic mass is 16.1. The molecule has 0 fully saturated rings. The third-order valence-corrected chi connectivity index (χ3v) is 4.00. The molecule has 0 saturated heterocycles. The Morgan fingerprint density at radius 2 is 2.08 bits per heavy atom. The number of nitrogens with one attached hydrogen (secondary N) is 2. The molecule has 124 valence electrons. The van der Waals surface area contributed by atoms with Crippen molar-refractivity contribution in [2.75, 3.05) is 0 Å². The molecule has 3 aromatic rings. The summed E-state index contributed by atoms with van der Waals surface area (Å²) < 4.78 is 1.77. The molecule has 0 aliphatic carbocycles. The number of pyridine rings is 1. The number of H-pyrrole nitrogens is 1. The summed E-state index contributed by atoms with van der Waals surface area (Å²) in [4.78, 5) is 27.1. The second-order valence-electron chi connectivity index (χ2n) is 5.73. The number of benzene rings is 1. The molecule has 1 aromatic carbocycles. The Hall–Kier alpha value is -2.96. The normalized spacial score (nSPS) is 11.0. The van der Waals surface area contributed by atoms with Crippen molar-refractivity contribution in [1.29, 1.82) is 0 Å². The Balaban J connectivity index is 1.79. The first kappa shape index (κ1) is 15.9. The fourth-order valence-electron chi connectivity index (χ4n) is 2.72. The second kappa shape index (κ2) is 6.27. The van der Waals surface area contributed by atoms with Crippen molar-refractivity contribution in [2.45, 2.75) is 33.9 Å². The maximum Gasteiger partial charge on any atom is 0.253 e. The highest BCUT2D eigenvalue weighted by Crippen LogP contribution is 2.13. The minimum absolute atomic E-state index is 0.172. The molecule has 0 spiro atoms. The maximum absolute atomic E-state index is 12.3. The quantitative estimate of drug-likeness (QED) is 0.763. The van der Waals surface area contributed by atoms with E-state index in [1.54, 1.807) is 16.8 Å². The lowest BCUT2D eigenvalue weighted by atomic mass is 10.1. The van der Waals surface area contributed by atoms with Gasteiger partial charge in [0, 0.05) is 29.9 Å². The van der Waals surface area contributed by atoms with Gasteiger partial charge in [0.1, 0.15) is 5.52 Å². The summed E-state index contributed by atoms with van der Waals surface area (Å²) in [5.74, 6) is -0.248. The molecule has 3 rings (SSSR count). The Morgan fingerprint density at radius 1 is 1.29 bits per heavy atom. The van der Waals surface area contributed by atoms with Gasteiger partial charge in [0.15, 0.2) is 0 Å². The zero-order valence-corrected chi connectivity index (χ0v) is 13.9. The number of hydrogen-bond donors (Lipinski definition) is 2. The Kier molecular flexibility index (Phi) is 4.16. The molecule has 7 nitrogen and oxygen atoms in total. The SMILES string of the molecule is CCn1nnc2cc(C(=O)NCc3c(C)cc(C)[nH]c3=O)ccc21. The molecular weight excluding hydrogens is 306 g/mol. The van der Waals surface area contributed by atoms with Gasteiger partial charge in [0.25, 0.3) is 11.5 Å². The predicted octanol–water partition coefficient (Wildman–Crippen LogP) is 1.69. The number of carbonyl (C=O) groups is 1. The van der Waals surface area contributed by atoms with Crippen molar-refractivity contribution in [3.8, 4) is 0 Å². The van der Waals surface area contributed by atoms with Crippen LogP contribution in [0.1, 0.15) is 34.1 Å². The molecule has 1 amide bonds. The van der Waals surface area contributed by atoms with Gasteiger partial charge in [-0.25, -0.2) is 4.68 Å². The van der Waals surface area contributed by atoms with Crippen LogP contribution in [0.3, 0.4) is 0 Å². The summed E-state index contributed by atoms with van der Waals surface area (Å²) in [6.45, 7) is 6.57. The van der Waals surface area contributed by atoms with Crippen molar-refractivity contribution in [1.82, 2.24) is 25.3 Å². The smallest absolute Gasteiger partial charge is 0.253 e. The van der Waals surface area contributed by atoms with Crippen LogP contribution in [0.5, 0.6) is 0 Å². The molecule has 24 heavy (non-hydrogen) atoms. The van der Waals surface area contributed by atoms with Gasteiger partial charge in [0.2, 0.25) is 0 Å². The van der Waals surface area contributed by atoms with Crippen molar-refractivity contribution in [2.24, 2.45) is 0 Å². The number of carbonyl (C=O) groups excluding carboxylic acids is 1. The maximum atomic E-state index is 12.3. The lowest BCUT2D eigenvalue weighted by Crippen LogP contribution is -2.27. The van der Waals surface area contributed by atoms with Gasteiger partial charge in [-0.05, 0) is 50.6 Å². The van der Waals surface area contributed by atoms with E-state index in [1.807, 2.05) is 32.9 Å². The summed E-state index contributed by atoms with van der Waals surface area (Å²) in [5, 5.41) is 10.9. The van der Waals surface area contributed by atoms with Crippen LogP contribution in [0.4, 0.5) is 0 Å². The average molecular weight is 325 g/mol. The van der Waals surface area contributed by atoms with Gasteiger partial charge in [0.05, 0.1) is 5.52 Å². The standard InChI is InChI=1S/C17H19N5O2/c1-4-22-15-6-5-12(8-14(15)20-21-22)16(23)18-9-13-10(2)7-11(3)19-17(13)24/h5-8H,4,9H2,1-3H3,(H,18,23)(H,19,24). The Morgan fingerprint density at radius 3 is 2.79 bits per heavy atom.